The highest BCUT2D eigenvalue weighted by molar-refractivity contribution is 7.08. The van der Waals surface area contributed by atoms with E-state index in [0.29, 0.717) is 5.69 Å². The van der Waals surface area contributed by atoms with Gasteiger partial charge in [0.15, 0.2) is 0 Å². The van der Waals surface area contributed by atoms with Gasteiger partial charge in [-0.15, -0.1) is 11.3 Å². The summed E-state index contributed by atoms with van der Waals surface area (Å²) in [7, 11) is 1.40. The molecule has 2 aromatic rings. The first-order valence-corrected chi connectivity index (χ1v) is 7.76. The molecular weight excluding hydrogens is 282 g/mol. The van der Waals surface area contributed by atoms with Gasteiger partial charge in [0, 0.05) is 18.9 Å². The molecule has 104 valence electrons. The fourth-order valence-corrected chi connectivity index (χ4v) is 2.92. The SMILES string of the molecule is CC.COC(Cc1ccsc1)(C(=O)O)c1cscn1. The fraction of sp³-hybridized carbons (Fsp3) is 0.385. The number of aromatic nitrogens is 1. The largest absolute Gasteiger partial charge is 0.479 e. The van der Waals surface area contributed by atoms with Crippen LogP contribution in [0.3, 0.4) is 0 Å². The van der Waals surface area contributed by atoms with Crippen LogP contribution in [0.1, 0.15) is 25.1 Å². The van der Waals surface area contributed by atoms with Gasteiger partial charge in [-0.25, -0.2) is 9.78 Å². The number of thiophene rings is 1. The van der Waals surface area contributed by atoms with E-state index in [2.05, 4.69) is 4.98 Å². The third-order valence-corrected chi connectivity index (χ3v) is 3.89. The molecule has 0 aliphatic heterocycles. The van der Waals surface area contributed by atoms with E-state index >= 15 is 0 Å². The molecule has 1 unspecified atom stereocenters. The van der Waals surface area contributed by atoms with Crippen molar-refractivity contribution in [2.75, 3.05) is 7.11 Å². The van der Waals surface area contributed by atoms with Gasteiger partial charge >= 0.3 is 5.97 Å². The van der Waals surface area contributed by atoms with E-state index in [4.69, 9.17) is 4.74 Å². The summed E-state index contributed by atoms with van der Waals surface area (Å²) in [4.78, 5) is 15.6. The number of methoxy groups -OCH3 is 1. The zero-order valence-corrected chi connectivity index (χ0v) is 12.8. The number of hydrogen-bond acceptors (Lipinski definition) is 5. The molecule has 0 aliphatic carbocycles. The molecule has 4 nitrogen and oxygen atoms in total. The third-order valence-electron chi connectivity index (χ3n) is 2.57. The number of thiazole rings is 1. The van der Waals surface area contributed by atoms with Gasteiger partial charge in [0.2, 0.25) is 5.60 Å². The maximum atomic E-state index is 11.5. The Morgan fingerprint density at radius 2 is 2.16 bits per heavy atom. The number of rotatable bonds is 5. The predicted octanol–water partition coefficient (Wildman–Crippen LogP) is 3.40. The molecule has 0 amide bonds. The zero-order chi connectivity index (χ0) is 14.3. The molecule has 0 saturated heterocycles. The Kier molecular flexibility index (Phi) is 6.14. The normalized spacial score (nSPS) is 13.2. The number of nitrogens with zero attached hydrogens (tertiary/aromatic N) is 1. The first kappa shape index (κ1) is 15.8. The summed E-state index contributed by atoms with van der Waals surface area (Å²) in [5.41, 5.74) is 1.61. The van der Waals surface area contributed by atoms with Crippen molar-refractivity contribution < 1.29 is 14.6 Å². The molecule has 2 heterocycles. The lowest BCUT2D eigenvalue weighted by molar-refractivity contribution is -0.164. The highest BCUT2D eigenvalue weighted by atomic mass is 32.1. The Morgan fingerprint density at radius 3 is 2.58 bits per heavy atom. The van der Waals surface area contributed by atoms with Crippen LogP contribution in [0.15, 0.2) is 27.7 Å². The summed E-state index contributed by atoms with van der Waals surface area (Å²) in [6, 6.07) is 1.90. The van der Waals surface area contributed by atoms with E-state index in [1.54, 1.807) is 10.9 Å². The lowest BCUT2D eigenvalue weighted by atomic mass is 9.93. The Bertz CT molecular complexity index is 482. The van der Waals surface area contributed by atoms with E-state index in [1.807, 2.05) is 30.7 Å². The maximum Gasteiger partial charge on any atom is 0.342 e. The second kappa shape index (κ2) is 7.37. The number of aliphatic carboxylic acids is 1. The molecule has 1 N–H and O–H groups in total. The van der Waals surface area contributed by atoms with Crippen molar-refractivity contribution >= 4 is 28.6 Å². The molecule has 0 saturated carbocycles. The molecule has 19 heavy (non-hydrogen) atoms. The molecule has 1 atom stereocenters. The van der Waals surface area contributed by atoms with Crippen LogP contribution in [-0.2, 0) is 21.6 Å². The maximum absolute atomic E-state index is 11.5. The molecule has 2 rings (SSSR count). The van der Waals surface area contributed by atoms with Crippen molar-refractivity contribution in [3.05, 3.63) is 39.0 Å². The minimum atomic E-state index is -1.39. The van der Waals surface area contributed by atoms with E-state index in [-0.39, 0.29) is 6.42 Å². The summed E-state index contributed by atoms with van der Waals surface area (Å²) in [5.74, 6) is -1.02. The summed E-state index contributed by atoms with van der Waals surface area (Å²) >= 11 is 2.89. The van der Waals surface area contributed by atoms with Crippen LogP contribution in [0.2, 0.25) is 0 Å². The van der Waals surface area contributed by atoms with Crippen LogP contribution in [0.25, 0.3) is 0 Å². The summed E-state index contributed by atoms with van der Waals surface area (Å²) in [6.07, 6.45) is 0.284. The lowest BCUT2D eigenvalue weighted by Crippen LogP contribution is -2.40. The molecular formula is C13H17NO3S2. The molecule has 0 spiro atoms. The van der Waals surface area contributed by atoms with Gasteiger partial charge < -0.3 is 9.84 Å². The quantitative estimate of drug-likeness (QED) is 0.919. The van der Waals surface area contributed by atoms with Crippen molar-refractivity contribution in [3.8, 4) is 0 Å². The number of hydrogen-bond donors (Lipinski definition) is 1. The molecule has 0 radical (unpaired) electrons. The van der Waals surface area contributed by atoms with Gasteiger partial charge in [0.05, 0.1) is 11.2 Å². The highest BCUT2D eigenvalue weighted by Gasteiger charge is 2.42. The van der Waals surface area contributed by atoms with Crippen LogP contribution in [-0.4, -0.2) is 23.2 Å². The van der Waals surface area contributed by atoms with Gasteiger partial charge in [0.1, 0.15) is 0 Å². The van der Waals surface area contributed by atoms with Gasteiger partial charge in [0.25, 0.3) is 0 Å². The van der Waals surface area contributed by atoms with Crippen LogP contribution in [0.5, 0.6) is 0 Å². The Hall–Kier alpha value is -1.24. The van der Waals surface area contributed by atoms with Gasteiger partial charge in [-0.2, -0.15) is 11.3 Å². The minimum absolute atomic E-state index is 0.284. The van der Waals surface area contributed by atoms with Crippen molar-refractivity contribution in [3.63, 3.8) is 0 Å². The van der Waals surface area contributed by atoms with Gasteiger partial charge in [-0.1, -0.05) is 13.8 Å². The zero-order valence-electron chi connectivity index (χ0n) is 11.1. The molecule has 0 aliphatic rings. The number of carboxylic acid groups (broad SMARTS) is 1. The smallest absolute Gasteiger partial charge is 0.342 e. The monoisotopic (exact) mass is 299 g/mol. The van der Waals surface area contributed by atoms with E-state index < -0.39 is 11.6 Å². The van der Waals surface area contributed by atoms with Crippen molar-refractivity contribution in [1.82, 2.24) is 4.98 Å². The standard InChI is InChI=1S/C11H11NO3S2.C2H6/c1-15-11(10(13)14,9-6-17-7-12-9)4-8-2-3-16-5-8;1-2/h2-3,5-7H,4H2,1H3,(H,13,14);1-2H3. The molecule has 0 bridgehead atoms. The Labute approximate surface area is 120 Å². The summed E-state index contributed by atoms with van der Waals surface area (Å²) in [5, 5.41) is 15.0. The first-order chi connectivity index (χ1) is 9.19. The minimum Gasteiger partial charge on any atom is -0.479 e. The summed E-state index contributed by atoms with van der Waals surface area (Å²) in [6.45, 7) is 4.00. The van der Waals surface area contributed by atoms with Crippen molar-refractivity contribution in [2.45, 2.75) is 25.9 Å². The fourth-order valence-electron chi connectivity index (χ4n) is 1.63. The lowest BCUT2D eigenvalue weighted by Gasteiger charge is -2.25. The first-order valence-electron chi connectivity index (χ1n) is 5.87. The number of ether oxygens (including phenoxy) is 1. The topological polar surface area (TPSA) is 59.4 Å². The van der Waals surface area contributed by atoms with E-state index in [1.165, 1.54) is 29.8 Å². The van der Waals surface area contributed by atoms with Crippen molar-refractivity contribution in [1.29, 1.82) is 0 Å². The average Bonchev–Trinajstić information content (AvgIpc) is 3.11. The molecule has 0 fully saturated rings. The third kappa shape index (κ3) is 3.40. The Morgan fingerprint density at radius 1 is 1.42 bits per heavy atom. The number of carbonyl (C=O) groups is 1. The second-order valence-electron chi connectivity index (χ2n) is 3.52. The average molecular weight is 299 g/mol. The van der Waals surface area contributed by atoms with E-state index in [9.17, 15) is 9.90 Å². The Balaban J connectivity index is 0.000000861. The van der Waals surface area contributed by atoms with E-state index in [0.717, 1.165) is 5.56 Å². The van der Waals surface area contributed by atoms with Crippen LogP contribution < -0.4 is 0 Å². The molecule has 6 heteroatoms. The van der Waals surface area contributed by atoms with Crippen LogP contribution in [0, 0.1) is 0 Å². The van der Waals surface area contributed by atoms with Crippen LogP contribution >= 0.6 is 22.7 Å². The highest BCUT2D eigenvalue weighted by Crippen LogP contribution is 2.30. The van der Waals surface area contributed by atoms with Gasteiger partial charge in [-0.3, -0.25) is 0 Å². The molecule has 0 aromatic carbocycles. The molecule has 2 aromatic heterocycles. The predicted molar refractivity (Wildman–Crippen MR) is 77.8 cm³/mol. The second-order valence-corrected chi connectivity index (χ2v) is 5.02. The summed E-state index contributed by atoms with van der Waals surface area (Å²) < 4.78 is 5.27. The van der Waals surface area contributed by atoms with Crippen molar-refractivity contribution in [2.24, 2.45) is 0 Å². The van der Waals surface area contributed by atoms with Gasteiger partial charge in [-0.05, 0) is 22.4 Å². The van der Waals surface area contributed by atoms with Crippen LogP contribution in [0.4, 0.5) is 0 Å². The number of carboxylic acids is 1.